The van der Waals surface area contributed by atoms with Gasteiger partial charge in [-0.15, -0.1) is 0 Å². The fraction of sp³-hybridized carbons (Fsp3) is 1.00. The van der Waals surface area contributed by atoms with Gasteiger partial charge in [-0.3, -0.25) is 0 Å². The number of hydrogen-bond donors (Lipinski definition) is 0. The molecule has 0 rings (SSSR count). The highest BCUT2D eigenvalue weighted by molar-refractivity contribution is 7.98. The van der Waals surface area contributed by atoms with Gasteiger partial charge in [0.1, 0.15) is 0 Å². The molecule has 0 aliphatic carbocycles. The van der Waals surface area contributed by atoms with Gasteiger partial charge in [0.25, 0.3) is 0 Å². The number of unbranched alkanes of at least 4 members (excludes halogenated alkanes) is 2. The standard InChI is InChI=1S/C11H25NS/c1-4-6-8-12(9-7-5-2)10-11-13-3/h4-11H2,1-3H3. The Kier molecular flexibility index (Phi) is 10.6. The van der Waals surface area contributed by atoms with Crippen molar-refractivity contribution in [3.05, 3.63) is 0 Å². The molecule has 0 aliphatic rings. The summed E-state index contributed by atoms with van der Waals surface area (Å²) in [4.78, 5) is 2.61. The molecule has 0 bridgehead atoms. The molecule has 0 N–H and O–H groups in total. The Labute approximate surface area is 88.3 Å². The van der Waals surface area contributed by atoms with E-state index in [0.29, 0.717) is 0 Å². The van der Waals surface area contributed by atoms with Crippen molar-refractivity contribution in [3.8, 4) is 0 Å². The van der Waals surface area contributed by atoms with Gasteiger partial charge in [-0.05, 0) is 32.2 Å². The molecule has 80 valence electrons. The van der Waals surface area contributed by atoms with E-state index >= 15 is 0 Å². The third-order valence-corrected chi connectivity index (χ3v) is 2.86. The van der Waals surface area contributed by atoms with Crippen LogP contribution < -0.4 is 0 Å². The predicted octanol–water partition coefficient (Wildman–Crippen LogP) is 3.25. The van der Waals surface area contributed by atoms with Crippen LogP contribution in [0, 0.1) is 0 Å². The lowest BCUT2D eigenvalue weighted by Crippen LogP contribution is -2.28. The second-order valence-electron chi connectivity index (χ2n) is 3.54. The third-order valence-electron chi connectivity index (χ3n) is 2.27. The molecular weight excluding hydrogens is 178 g/mol. The second kappa shape index (κ2) is 10.4. The van der Waals surface area contributed by atoms with Gasteiger partial charge in [-0.2, -0.15) is 11.8 Å². The molecule has 0 saturated heterocycles. The maximum absolute atomic E-state index is 2.61. The first-order chi connectivity index (χ1) is 6.35. The number of nitrogens with zero attached hydrogens (tertiary/aromatic N) is 1. The lowest BCUT2D eigenvalue weighted by molar-refractivity contribution is 0.281. The van der Waals surface area contributed by atoms with Crippen molar-refractivity contribution >= 4 is 11.8 Å². The molecule has 1 nitrogen and oxygen atoms in total. The molecule has 0 heterocycles. The fourth-order valence-electron chi connectivity index (χ4n) is 1.32. The Balaban J connectivity index is 3.47. The molecule has 0 radical (unpaired) electrons. The minimum atomic E-state index is 1.28. The van der Waals surface area contributed by atoms with E-state index in [4.69, 9.17) is 0 Å². The van der Waals surface area contributed by atoms with Gasteiger partial charge in [0.15, 0.2) is 0 Å². The minimum absolute atomic E-state index is 1.28. The van der Waals surface area contributed by atoms with Crippen molar-refractivity contribution in [2.24, 2.45) is 0 Å². The topological polar surface area (TPSA) is 3.24 Å². The van der Waals surface area contributed by atoms with Crippen molar-refractivity contribution in [3.63, 3.8) is 0 Å². The molecule has 0 amide bonds. The lowest BCUT2D eigenvalue weighted by Gasteiger charge is -2.21. The molecule has 0 aliphatic heterocycles. The average molecular weight is 203 g/mol. The molecule has 0 saturated carbocycles. The van der Waals surface area contributed by atoms with E-state index in [0.717, 1.165) is 0 Å². The van der Waals surface area contributed by atoms with Crippen molar-refractivity contribution in [2.75, 3.05) is 31.6 Å². The molecular formula is C11H25NS. The Morgan fingerprint density at radius 1 is 0.923 bits per heavy atom. The van der Waals surface area contributed by atoms with Crippen LogP contribution in [0.5, 0.6) is 0 Å². The zero-order valence-electron chi connectivity index (χ0n) is 9.51. The van der Waals surface area contributed by atoms with Crippen LogP contribution in [0.25, 0.3) is 0 Å². The molecule has 0 aromatic rings. The highest BCUT2D eigenvalue weighted by Gasteiger charge is 2.01. The first kappa shape index (κ1) is 13.3. The van der Waals surface area contributed by atoms with Gasteiger partial charge < -0.3 is 4.90 Å². The van der Waals surface area contributed by atoms with Crippen LogP contribution >= 0.6 is 11.8 Å². The van der Waals surface area contributed by atoms with Crippen LogP contribution in [0.2, 0.25) is 0 Å². The summed E-state index contributed by atoms with van der Waals surface area (Å²) in [7, 11) is 0. The van der Waals surface area contributed by atoms with E-state index in [1.165, 1.54) is 51.1 Å². The largest absolute Gasteiger partial charge is 0.303 e. The van der Waals surface area contributed by atoms with Gasteiger partial charge in [0.05, 0.1) is 0 Å². The van der Waals surface area contributed by atoms with Crippen LogP contribution in [0.4, 0.5) is 0 Å². The smallest absolute Gasteiger partial charge is 0.00722 e. The molecule has 0 atom stereocenters. The Morgan fingerprint density at radius 2 is 1.46 bits per heavy atom. The van der Waals surface area contributed by atoms with Crippen molar-refractivity contribution in [2.45, 2.75) is 39.5 Å². The van der Waals surface area contributed by atoms with Crippen LogP contribution in [0.15, 0.2) is 0 Å². The second-order valence-corrected chi connectivity index (χ2v) is 4.53. The van der Waals surface area contributed by atoms with Crippen LogP contribution in [0.1, 0.15) is 39.5 Å². The summed E-state index contributed by atoms with van der Waals surface area (Å²) in [6.45, 7) is 8.43. The Bertz CT molecular complexity index is 77.1. The van der Waals surface area contributed by atoms with Gasteiger partial charge in [-0.1, -0.05) is 26.7 Å². The zero-order chi connectivity index (χ0) is 9.94. The zero-order valence-corrected chi connectivity index (χ0v) is 10.3. The normalized spacial score (nSPS) is 11.1. The van der Waals surface area contributed by atoms with Gasteiger partial charge in [0.2, 0.25) is 0 Å². The van der Waals surface area contributed by atoms with Gasteiger partial charge in [-0.25, -0.2) is 0 Å². The van der Waals surface area contributed by atoms with Gasteiger partial charge in [0, 0.05) is 12.3 Å². The van der Waals surface area contributed by atoms with E-state index in [1.807, 2.05) is 11.8 Å². The van der Waals surface area contributed by atoms with Crippen LogP contribution in [-0.4, -0.2) is 36.5 Å². The first-order valence-electron chi connectivity index (χ1n) is 5.56. The van der Waals surface area contributed by atoms with Crippen LogP contribution in [-0.2, 0) is 0 Å². The van der Waals surface area contributed by atoms with Gasteiger partial charge >= 0.3 is 0 Å². The van der Waals surface area contributed by atoms with Crippen molar-refractivity contribution in [1.82, 2.24) is 4.90 Å². The third kappa shape index (κ3) is 8.63. The number of rotatable bonds is 9. The molecule has 0 unspecified atom stereocenters. The van der Waals surface area contributed by atoms with E-state index in [1.54, 1.807) is 0 Å². The highest BCUT2D eigenvalue weighted by atomic mass is 32.2. The average Bonchev–Trinajstić information content (AvgIpc) is 2.17. The van der Waals surface area contributed by atoms with Crippen molar-refractivity contribution in [1.29, 1.82) is 0 Å². The van der Waals surface area contributed by atoms with Crippen LogP contribution in [0.3, 0.4) is 0 Å². The molecule has 0 fully saturated rings. The van der Waals surface area contributed by atoms with E-state index in [9.17, 15) is 0 Å². The molecule has 0 aromatic heterocycles. The van der Waals surface area contributed by atoms with Crippen molar-refractivity contribution < 1.29 is 0 Å². The summed E-state index contributed by atoms with van der Waals surface area (Å²) in [6.07, 6.45) is 7.55. The molecule has 2 heteroatoms. The summed E-state index contributed by atoms with van der Waals surface area (Å²) in [5, 5.41) is 0. The molecule has 0 spiro atoms. The maximum atomic E-state index is 2.61. The minimum Gasteiger partial charge on any atom is -0.303 e. The number of thioether (sulfide) groups is 1. The highest BCUT2D eigenvalue weighted by Crippen LogP contribution is 2.01. The Morgan fingerprint density at radius 3 is 1.85 bits per heavy atom. The number of hydrogen-bond acceptors (Lipinski definition) is 2. The summed E-state index contributed by atoms with van der Waals surface area (Å²) >= 11 is 1.96. The summed E-state index contributed by atoms with van der Waals surface area (Å²) in [6, 6.07) is 0. The predicted molar refractivity (Wildman–Crippen MR) is 64.6 cm³/mol. The summed E-state index contributed by atoms with van der Waals surface area (Å²) < 4.78 is 0. The SMILES string of the molecule is CCCCN(CCCC)CCSC. The fourth-order valence-corrected chi connectivity index (χ4v) is 1.76. The van der Waals surface area contributed by atoms with E-state index < -0.39 is 0 Å². The maximum Gasteiger partial charge on any atom is 0.00722 e. The first-order valence-corrected chi connectivity index (χ1v) is 6.95. The summed E-state index contributed by atoms with van der Waals surface area (Å²) in [5.74, 6) is 1.29. The van der Waals surface area contributed by atoms with E-state index in [2.05, 4.69) is 25.0 Å². The van der Waals surface area contributed by atoms with E-state index in [-0.39, 0.29) is 0 Å². The Hall–Kier alpha value is 0.310. The molecule has 0 aromatic carbocycles. The quantitative estimate of drug-likeness (QED) is 0.566. The summed E-state index contributed by atoms with van der Waals surface area (Å²) in [5.41, 5.74) is 0. The molecule has 13 heavy (non-hydrogen) atoms. The monoisotopic (exact) mass is 203 g/mol. The lowest BCUT2D eigenvalue weighted by atomic mass is 10.2.